The van der Waals surface area contributed by atoms with Crippen molar-refractivity contribution >= 4 is 40.0 Å². The molecule has 0 aromatic heterocycles. The normalized spacial score (nSPS) is 14.4. The highest BCUT2D eigenvalue weighted by molar-refractivity contribution is 6.73. The molecule has 0 radical (unpaired) electrons. The Morgan fingerprint density at radius 3 is 2.17 bits per heavy atom. The van der Waals surface area contributed by atoms with Crippen LogP contribution in [0.25, 0.3) is 0 Å². The molecule has 0 aromatic rings. The third-order valence-corrected chi connectivity index (χ3v) is 10.9. The molecule has 0 aromatic carbocycles. The van der Waals surface area contributed by atoms with E-state index in [2.05, 4.69) is 33.5 Å². The maximum absolute atomic E-state index is 11.5. The molecule has 0 unspecified atom stereocenters. The molecule has 23 heavy (non-hydrogen) atoms. The summed E-state index contributed by atoms with van der Waals surface area (Å²) in [6.45, 7) is 14.9. The fraction of sp³-hybridized carbons (Fsp3) is 0.714. The van der Waals surface area contributed by atoms with Crippen molar-refractivity contribution in [2.75, 3.05) is 6.61 Å². The van der Waals surface area contributed by atoms with Gasteiger partial charge in [0.05, 0.1) is 6.61 Å². The van der Waals surface area contributed by atoms with E-state index in [4.69, 9.17) is 18.1 Å². The molecule has 134 valence electrons. The summed E-state index contributed by atoms with van der Waals surface area (Å²) in [4.78, 5) is 21.9. The van der Waals surface area contributed by atoms with Crippen LogP contribution in [-0.4, -0.2) is 51.7 Å². The first-order valence-electron chi connectivity index (χ1n) is 7.56. The predicted octanol–water partition coefficient (Wildman–Crippen LogP) is 1.35. The summed E-state index contributed by atoms with van der Waals surface area (Å²) < 4.78 is 16.9. The average Bonchev–Trinajstić information content (AvgIpc) is 2.38. The van der Waals surface area contributed by atoms with Gasteiger partial charge in [-0.3, -0.25) is 0 Å². The van der Waals surface area contributed by atoms with Crippen LogP contribution >= 0.6 is 0 Å². The Bertz CT molecular complexity index is 440. The molecule has 0 rings (SSSR count). The van der Waals surface area contributed by atoms with Gasteiger partial charge in [-0.2, -0.15) is 0 Å². The fourth-order valence-corrected chi connectivity index (χ4v) is 6.71. The first-order chi connectivity index (χ1) is 10.3. The van der Waals surface area contributed by atoms with Gasteiger partial charge in [0.2, 0.25) is 0 Å². The van der Waals surface area contributed by atoms with Crippen molar-refractivity contribution in [1.29, 1.82) is 0 Å². The van der Waals surface area contributed by atoms with Gasteiger partial charge in [-0.1, -0.05) is 27.7 Å². The van der Waals surface area contributed by atoms with Crippen molar-refractivity contribution in [3.63, 3.8) is 0 Å². The van der Waals surface area contributed by atoms with E-state index < -0.39 is 40.0 Å². The third-order valence-electron chi connectivity index (χ3n) is 3.81. The second kappa shape index (κ2) is 8.92. The molecule has 9 heteroatoms. The molecule has 0 aliphatic heterocycles. The van der Waals surface area contributed by atoms with Crippen molar-refractivity contribution in [3.05, 3.63) is 12.2 Å². The lowest BCUT2D eigenvalue weighted by molar-refractivity contribution is -0.142. The van der Waals surface area contributed by atoms with E-state index in [-0.39, 0.29) is 17.1 Å². The highest BCUT2D eigenvalue weighted by atomic mass is 28.4. The number of carbonyl (C=O) groups excluding carboxylic acids is 1. The molecule has 0 bridgehead atoms. The van der Waals surface area contributed by atoms with Crippen molar-refractivity contribution in [3.8, 4) is 0 Å². The minimum Gasteiger partial charge on any atom is -0.478 e. The second-order valence-corrected chi connectivity index (χ2v) is 17.1. The van der Waals surface area contributed by atoms with Crippen LogP contribution in [0, 0.1) is 5.41 Å². The van der Waals surface area contributed by atoms with Crippen LogP contribution in [0.1, 0.15) is 27.7 Å². The van der Waals surface area contributed by atoms with Crippen LogP contribution in [-0.2, 0) is 22.6 Å². The van der Waals surface area contributed by atoms with Crippen LogP contribution in [0.2, 0.25) is 24.7 Å². The quantitative estimate of drug-likeness (QED) is 0.267. The van der Waals surface area contributed by atoms with Gasteiger partial charge in [-0.05, 0) is 24.7 Å². The lowest BCUT2D eigenvalue weighted by Gasteiger charge is -2.40. The molecule has 0 saturated carbocycles. The number of ether oxygens (including phenoxy) is 1. The average molecular weight is 379 g/mol. The molecule has 0 amide bonds. The smallest absolute Gasteiger partial charge is 0.331 e. The monoisotopic (exact) mass is 378 g/mol. The first-order valence-corrected chi connectivity index (χ1v) is 13.4. The Kier molecular flexibility index (Phi) is 8.63. The van der Waals surface area contributed by atoms with Crippen LogP contribution in [0.5, 0.6) is 0 Å². The number of hydrogen-bond acceptors (Lipinski definition) is 5. The van der Waals surface area contributed by atoms with Crippen molar-refractivity contribution < 1.29 is 27.7 Å². The van der Waals surface area contributed by atoms with Crippen LogP contribution in [0.4, 0.5) is 0 Å². The summed E-state index contributed by atoms with van der Waals surface area (Å²) in [6.07, 6.45) is 1.70. The van der Waals surface area contributed by atoms with Gasteiger partial charge in [0, 0.05) is 17.6 Å². The summed E-state index contributed by atoms with van der Waals surface area (Å²) >= 11 is 0. The Labute approximate surface area is 144 Å². The maximum atomic E-state index is 11.5. The molecular weight excluding hydrogens is 348 g/mol. The van der Waals surface area contributed by atoms with Gasteiger partial charge < -0.3 is 18.1 Å². The zero-order valence-electron chi connectivity index (χ0n) is 15.3. The number of carboxylic acids is 1. The van der Waals surface area contributed by atoms with Crippen LogP contribution in [0.3, 0.4) is 0 Å². The van der Waals surface area contributed by atoms with Gasteiger partial charge in [0.15, 0.2) is 18.1 Å². The first kappa shape index (κ1) is 22.3. The Hall–Kier alpha value is -0.749. The molecule has 0 atom stereocenters. The lowest BCUT2D eigenvalue weighted by Crippen LogP contribution is -2.38. The van der Waals surface area contributed by atoms with E-state index in [0.717, 1.165) is 12.2 Å². The minimum atomic E-state index is -1.51. The van der Waals surface area contributed by atoms with Crippen LogP contribution < -0.4 is 0 Å². The van der Waals surface area contributed by atoms with Gasteiger partial charge in [0.1, 0.15) is 0 Å². The predicted molar refractivity (Wildman–Crippen MR) is 98.2 cm³/mol. The van der Waals surface area contributed by atoms with Gasteiger partial charge >= 0.3 is 11.9 Å². The van der Waals surface area contributed by atoms with E-state index in [1.807, 2.05) is 13.8 Å². The summed E-state index contributed by atoms with van der Waals surface area (Å²) in [6, 6.07) is 0. The Morgan fingerprint density at radius 1 is 1.13 bits per heavy atom. The number of rotatable bonds is 10. The summed E-state index contributed by atoms with van der Waals surface area (Å²) in [5.41, 5.74) is -0.264. The topological polar surface area (TPSA) is 82.1 Å². The molecule has 6 nitrogen and oxygen atoms in total. The summed E-state index contributed by atoms with van der Waals surface area (Å²) in [7, 11) is -3.30. The van der Waals surface area contributed by atoms with Crippen molar-refractivity contribution in [1.82, 2.24) is 0 Å². The molecule has 0 heterocycles. The summed E-state index contributed by atoms with van der Waals surface area (Å²) in [5.74, 6) is -1.81. The molecule has 0 saturated heterocycles. The van der Waals surface area contributed by atoms with Crippen LogP contribution in [0.15, 0.2) is 12.2 Å². The van der Waals surface area contributed by atoms with E-state index in [1.54, 1.807) is 0 Å². The Morgan fingerprint density at radius 2 is 1.70 bits per heavy atom. The number of hydrogen-bond donors (Lipinski definition) is 1. The SMILES string of the molecule is CC(C)(COC(=O)/C=C/C(=O)O)C(C)(C)[SiH2]O[SiH2]O[Si](C)(C)C. The molecule has 1 N–H and O–H groups in total. The van der Waals surface area contributed by atoms with Gasteiger partial charge in [-0.15, -0.1) is 0 Å². The maximum Gasteiger partial charge on any atom is 0.331 e. The minimum absolute atomic E-state index is 0.0837. The van der Waals surface area contributed by atoms with E-state index >= 15 is 0 Å². The van der Waals surface area contributed by atoms with Crippen molar-refractivity contribution in [2.45, 2.75) is 52.4 Å². The number of esters is 1. The van der Waals surface area contributed by atoms with E-state index in [9.17, 15) is 9.59 Å². The standard InChI is InChI=1S/C14H30O6Si3/c1-13(2,10-18-12(17)9-8-11(15)16)14(3,4)21-19-22-20-23(5,6)7/h8-9H,10,21-22H2,1-7H3,(H,15,16)/b9-8+. The Balaban J connectivity index is 4.42. The molecule has 0 aliphatic rings. The molecule has 0 aliphatic carbocycles. The van der Waals surface area contributed by atoms with Gasteiger partial charge in [-0.25, -0.2) is 9.59 Å². The summed E-state index contributed by atoms with van der Waals surface area (Å²) in [5, 5.41) is 8.40. The number of aliphatic carboxylic acids is 1. The highest BCUT2D eigenvalue weighted by Crippen LogP contribution is 2.44. The zero-order chi connectivity index (χ0) is 18.3. The second-order valence-electron chi connectivity index (χ2n) is 7.77. The fourth-order valence-electron chi connectivity index (χ4n) is 1.34. The number of carboxylic acid groups (broad SMARTS) is 1. The largest absolute Gasteiger partial charge is 0.478 e. The molecular formula is C14H30O6Si3. The molecule has 0 spiro atoms. The third kappa shape index (κ3) is 9.87. The lowest BCUT2D eigenvalue weighted by atomic mass is 9.81. The highest BCUT2D eigenvalue weighted by Gasteiger charge is 2.38. The number of carbonyl (C=O) groups is 2. The zero-order valence-corrected chi connectivity index (χ0v) is 19.1. The van der Waals surface area contributed by atoms with E-state index in [1.165, 1.54) is 0 Å². The molecule has 0 fully saturated rings. The van der Waals surface area contributed by atoms with E-state index in [0.29, 0.717) is 0 Å². The van der Waals surface area contributed by atoms with Gasteiger partial charge in [0.25, 0.3) is 10.0 Å². The van der Waals surface area contributed by atoms with Crippen molar-refractivity contribution in [2.24, 2.45) is 5.41 Å².